The average molecular weight is 365 g/mol. The zero-order valence-electron chi connectivity index (χ0n) is 13.5. The van der Waals surface area contributed by atoms with Crippen LogP contribution in [0, 0.1) is 0 Å². The molecule has 3 aromatic heterocycles. The number of carbonyl (C=O) groups excluding carboxylic acids is 1. The fourth-order valence-electron chi connectivity index (χ4n) is 2.81. The van der Waals surface area contributed by atoms with Gasteiger partial charge in [-0.2, -0.15) is 0 Å². The molecule has 0 bridgehead atoms. The van der Waals surface area contributed by atoms with E-state index in [1.165, 1.54) is 16.2 Å². The standard InChI is InChI=1S/C20H15NO2S2/c1-23-15-6-4-14(5-7-15)21-17(19-3-2-12-24-19)9-10-18(21)20-11-8-16(13-22)25-20/h2-13H,1H3. The molecule has 0 saturated carbocycles. The van der Waals surface area contributed by atoms with Gasteiger partial charge in [0.25, 0.3) is 0 Å². The van der Waals surface area contributed by atoms with E-state index in [4.69, 9.17) is 4.74 Å². The van der Waals surface area contributed by atoms with E-state index in [1.807, 2.05) is 36.4 Å². The number of methoxy groups -OCH3 is 1. The number of benzene rings is 1. The van der Waals surface area contributed by atoms with Crippen LogP contribution in [0.2, 0.25) is 0 Å². The molecule has 0 radical (unpaired) electrons. The molecule has 0 fully saturated rings. The van der Waals surface area contributed by atoms with Crippen molar-refractivity contribution in [1.29, 1.82) is 0 Å². The quantitative estimate of drug-likeness (QED) is 0.421. The topological polar surface area (TPSA) is 31.2 Å². The van der Waals surface area contributed by atoms with Gasteiger partial charge in [0.2, 0.25) is 0 Å². The summed E-state index contributed by atoms with van der Waals surface area (Å²) < 4.78 is 7.51. The van der Waals surface area contributed by atoms with Crippen molar-refractivity contribution >= 4 is 29.0 Å². The van der Waals surface area contributed by atoms with E-state index in [2.05, 4.69) is 34.2 Å². The third kappa shape index (κ3) is 2.92. The summed E-state index contributed by atoms with van der Waals surface area (Å²) in [5.74, 6) is 0.828. The lowest BCUT2D eigenvalue weighted by Gasteiger charge is -2.13. The molecule has 0 aliphatic carbocycles. The SMILES string of the molecule is COc1ccc(-n2c(-c3cccs3)ccc2-c2ccc(C=O)s2)cc1. The summed E-state index contributed by atoms with van der Waals surface area (Å²) in [6.45, 7) is 0. The molecule has 1 aromatic carbocycles. The molecule has 0 unspecified atom stereocenters. The van der Waals surface area contributed by atoms with Gasteiger partial charge in [0, 0.05) is 5.69 Å². The molecule has 3 heterocycles. The van der Waals surface area contributed by atoms with Crippen LogP contribution in [0.4, 0.5) is 0 Å². The lowest BCUT2D eigenvalue weighted by atomic mass is 10.2. The largest absolute Gasteiger partial charge is 0.497 e. The summed E-state index contributed by atoms with van der Waals surface area (Å²) in [5.41, 5.74) is 3.27. The number of hydrogen-bond acceptors (Lipinski definition) is 4. The molecule has 5 heteroatoms. The van der Waals surface area contributed by atoms with E-state index in [1.54, 1.807) is 18.4 Å². The van der Waals surface area contributed by atoms with Gasteiger partial charge in [-0.05, 0) is 60.0 Å². The second-order valence-electron chi connectivity index (χ2n) is 5.43. The van der Waals surface area contributed by atoms with E-state index in [9.17, 15) is 4.79 Å². The van der Waals surface area contributed by atoms with Crippen LogP contribution in [-0.4, -0.2) is 18.0 Å². The predicted octanol–water partition coefficient (Wildman–Crippen LogP) is 5.76. The van der Waals surface area contributed by atoms with Crippen molar-refractivity contribution in [3.63, 3.8) is 0 Å². The van der Waals surface area contributed by atoms with E-state index in [-0.39, 0.29) is 0 Å². The minimum Gasteiger partial charge on any atom is -0.497 e. The fraction of sp³-hybridized carbons (Fsp3) is 0.0500. The predicted molar refractivity (Wildman–Crippen MR) is 104 cm³/mol. The van der Waals surface area contributed by atoms with Crippen LogP contribution in [0.3, 0.4) is 0 Å². The Morgan fingerprint density at radius 2 is 1.68 bits per heavy atom. The summed E-state index contributed by atoms with van der Waals surface area (Å²) in [4.78, 5) is 14.1. The molecule has 0 aliphatic heterocycles. The summed E-state index contributed by atoms with van der Waals surface area (Å²) >= 11 is 3.22. The maximum absolute atomic E-state index is 11.1. The van der Waals surface area contributed by atoms with Gasteiger partial charge in [-0.25, -0.2) is 0 Å². The van der Waals surface area contributed by atoms with Crippen LogP contribution in [-0.2, 0) is 0 Å². The summed E-state index contributed by atoms with van der Waals surface area (Å²) in [6.07, 6.45) is 0.898. The lowest BCUT2D eigenvalue weighted by molar-refractivity contribution is 0.112. The molecule has 0 amide bonds. The summed E-state index contributed by atoms with van der Waals surface area (Å²) in [5, 5.41) is 2.08. The Hall–Kier alpha value is -2.63. The summed E-state index contributed by atoms with van der Waals surface area (Å²) in [6, 6.07) is 20.3. The number of aromatic nitrogens is 1. The first-order valence-corrected chi connectivity index (χ1v) is 9.45. The second kappa shape index (κ2) is 6.70. The Morgan fingerprint density at radius 1 is 0.920 bits per heavy atom. The zero-order valence-corrected chi connectivity index (χ0v) is 15.1. The third-order valence-corrected chi connectivity index (χ3v) is 5.91. The average Bonchev–Trinajstić information content (AvgIpc) is 3.40. The van der Waals surface area contributed by atoms with Gasteiger partial charge < -0.3 is 9.30 Å². The number of thiophene rings is 2. The highest BCUT2D eigenvalue weighted by atomic mass is 32.1. The molecule has 25 heavy (non-hydrogen) atoms. The van der Waals surface area contributed by atoms with E-state index in [0.29, 0.717) is 0 Å². The van der Waals surface area contributed by atoms with Crippen molar-refractivity contribution in [1.82, 2.24) is 4.57 Å². The van der Waals surface area contributed by atoms with Crippen LogP contribution in [0.15, 0.2) is 66.0 Å². The normalized spacial score (nSPS) is 10.8. The Kier molecular flexibility index (Phi) is 4.26. The van der Waals surface area contributed by atoms with E-state index >= 15 is 0 Å². The monoisotopic (exact) mass is 365 g/mol. The molecule has 3 nitrogen and oxygen atoms in total. The molecule has 124 valence electrons. The van der Waals surface area contributed by atoms with Crippen LogP contribution in [0.25, 0.3) is 26.8 Å². The van der Waals surface area contributed by atoms with Crippen LogP contribution in [0.5, 0.6) is 5.75 Å². The highest BCUT2D eigenvalue weighted by molar-refractivity contribution is 7.17. The molecule has 0 aliphatic rings. The lowest BCUT2D eigenvalue weighted by Crippen LogP contribution is -1.98. The number of aldehydes is 1. The Balaban J connectivity index is 1.91. The van der Waals surface area contributed by atoms with Gasteiger partial charge in [-0.3, -0.25) is 4.79 Å². The number of ether oxygens (including phenoxy) is 1. The molecule has 0 saturated heterocycles. The summed E-state index contributed by atoms with van der Waals surface area (Å²) in [7, 11) is 1.67. The van der Waals surface area contributed by atoms with Gasteiger partial charge in [0.15, 0.2) is 6.29 Å². The van der Waals surface area contributed by atoms with Crippen molar-refractivity contribution in [2.75, 3.05) is 7.11 Å². The molecular formula is C20H15NO2S2. The number of carbonyl (C=O) groups is 1. The molecule has 0 N–H and O–H groups in total. The Labute approximate surface area is 153 Å². The van der Waals surface area contributed by atoms with Gasteiger partial charge >= 0.3 is 0 Å². The number of rotatable bonds is 5. The number of hydrogen-bond donors (Lipinski definition) is 0. The van der Waals surface area contributed by atoms with Crippen molar-refractivity contribution in [2.45, 2.75) is 0 Å². The smallest absolute Gasteiger partial charge is 0.160 e. The van der Waals surface area contributed by atoms with Crippen LogP contribution >= 0.6 is 22.7 Å². The first-order valence-electron chi connectivity index (χ1n) is 7.75. The Morgan fingerprint density at radius 3 is 2.28 bits per heavy atom. The fourth-order valence-corrected chi connectivity index (χ4v) is 4.39. The molecule has 0 atom stereocenters. The number of nitrogens with zero attached hydrogens (tertiary/aromatic N) is 1. The van der Waals surface area contributed by atoms with Crippen LogP contribution in [0.1, 0.15) is 9.67 Å². The van der Waals surface area contributed by atoms with Gasteiger partial charge in [0.05, 0.1) is 33.1 Å². The van der Waals surface area contributed by atoms with Crippen molar-refractivity contribution in [3.05, 3.63) is 70.9 Å². The molecule has 0 spiro atoms. The second-order valence-corrected chi connectivity index (χ2v) is 7.50. The van der Waals surface area contributed by atoms with Crippen molar-refractivity contribution in [3.8, 4) is 32.6 Å². The first kappa shape index (κ1) is 15.9. The minimum atomic E-state index is 0.732. The zero-order chi connectivity index (χ0) is 17.2. The highest BCUT2D eigenvalue weighted by Gasteiger charge is 2.15. The van der Waals surface area contributed by atoms with Gasteiger partial charge in [-0.1, -0.05) is 6.07 Å². The minimum absolute atomic E-state index is 0.732. The van der Waals surface area contributed by atoms with Crippen molar-refractivity contribution in [2.24, 2.45) is 0 Å². The Bertz CT molecular complexity index is 995. The van der Waals surface area contributed by atoms with Gasteiger partial charge in [0.1, 0.15) is 5.75 Å². The highest BCUT2D eigenvalue weighted by Crippen LogP contribution is 2.37. The van der Waals surface area contributed by atoms with Gasteiger partial charge in [-0.15, -0.1) is 22.7 Å². The van der Waals surface area contributed by atoms with Crippen LogP contribution < -0.4 is 4.74 Å². The maximum atomic E-state index is 11.1. The first-order chi connectivity index (χ1) is 12.3. The molecular weight excluding hydrogens is 350 g/mol. The maximum Gasteiger partial charge on any atom is 0.160 e. The van der Waals surface area contributed by atoms with E-state index < -0.39 is 0 Å². The third-order valence-electron chi connectivity index (χ3n) is 3.98. The molecule has 4 rings (SSSR count). The van der Waals surface area contributed by atoms with Crippen molar-refractivity contribution < 1.29 is 9.53 Å². The van der Waals surface area contributed by atoms with E-state index in [0.717, 1.165) is 38.9 Å². The molecule has 4 aromatic rings.